The summed E-state index contributed by atoms with van der Waals surface area (Å²) in [5.74, 6) is 5.93. The maximum absolute atomic E-state index is 12.4. The van der Waals surface area contributed by atoms with E-state index in [0.717, 1.165) is 17.7 Å². The van der Waals surface area contributed by atoms with Gasteiger partial charge in [-0.2, -0.15) is 0 Å². The molecule has 1 rings (SSSR count). The predicted octanol–water partition coefficient (Wildman–Crippen LogP) is 2.07. The monoisotopic (exact) mass is 259 g/mol. The highest BCUT2D eigenvalue weighted by atomic mass is 16.2. The number of hydrogen-bond acceptors (Lipinski definition) is 2. The standard InChI is InChI=1S/C16H21NO2/c1-12(2)11-17(4)16(19)15-9-5-7-14(13(15)3)8-6-10-18/h5,7,9,12,18H,10-11H2,1-4H3. The first-order chi connectivity index (χ1) is 8.97. The van der Waals surface area contributed by atoms with Gasteiger partial charge in [-0.25, -0.2) is 0 Å². The highest BCUT2D eigenvalue weighted by Crippen LogP contribution is 2.15. The molecule has 3 nitrogen and oxygen atoms in total. The van der Waals surface area contributed by atoms with Crippen molar-refractivity contribution in [3.63, 3.8) is 0 Å². The molecule has 0 aromatic heterocycles. The number of aliphatic hydroxyl groups excluding tert-OH is 1. The summed E-state index contributed by atoms with van der Waals surface area (Å²) < 4.78 is 0. The van der Waals surface area contributed by atoms with Crippen LogP contribution in [0.3, 0.4) is 0 Å². The van der Waals surface area contributed by atoms with Crippen molar-refractivity contribution in [2.45, 2.75) is 20.8 Å². The number of carbonyl (C=O) groups excluding carboxylic acids is 1. The normalized spacial score (nSPS) is 10.0. The van der Waals surface area contributed by atoms with E-state index >= 15 is 0 Å². The first kappa shape index (κ1) is 15.3. The number of benzene rings is 1. The maximum Gasteiger partial charge on any atom is 0.253 e. The van der Waals surface area contributed by atoms with Crippen molar-refractivity contribution in [3.8, 4) is 11.8 Å². The Hall–Kier alpha value is -1.79. The van der Waals surface area contributed by atoms with Gasteiger partial charge in [-0.1, -0.05) is 31.8 Å². The van der Waals surface area contributed by atoms with Gasteiger partial charge in [0.25, 0.3) is 5.91 Å². The highest BCUT2D eigenvalue weighted by Gasteiger charge is 2.15. The third kappa shape index (κ3) is 4.11. The minimum atomic E-state index is -0.176. The molecule has 1 N–H and O–H groups in total. The molecule has 0 aliphatic rings. The second-order valence-corrected chi connectivity index (χ2v) is 5.02. The van der Waals surface area contributed by atoms with Gasteiger partial charge in [0.1, 0.15) is 6.61 Å². The van der Waals surface area contributed by atoms with Crippen molar-refractivity contribution in [2.24, 2.45) is 5.92 Å². The summed E-state index contributed by atoms with van der Waals surface area (Å²) in [7, 11) is 1.81. The molecule has 0 unspecified atom stereocenters. The Morgan fingerprint density at radius 1 is 1.42 bits per heavy atom. The summed E-state index contributed by atoms with van der Waals surface area (Å²) in [4.78, 5) is 14.1. The molecular formula is C16H21NO2. The molecule has 0 aliphatic carbocycles. The van der Waals surface area contributed by atoms with Crippen LogP contribution in [0.15, 0.2) is 18.2 Å². The Kier molecular flexibility index (Phi) is 5.59. The van der Waals surface area contributed by atoms with Gasteiger partial charge < -0.3 is 10.0 Å². The molecule has 0 bridgehead atoms. The summed E-state index contributed by atoms with van der Waals surface area (Å²) in [6.07, 6.45) is 0. The summed E-state index contributed by atoms with van der Waals surface area (Å²) in [5, 5.41) is 8.74. The zero-order valence-corrected chi connectivity index (χ0v) is 12.0. The van der Waals surface area contributed by atoms with E-state index in [-0.39, 0.29) is 12.5 Å². The molecule has 0 spiro atoms. The number of carbonyl (C=O) groups is 1. The molecular weight excluding hydrogens is 238 g/mol. The molecule has 0 radical (unpaired) electrons. The molecule has 19 heavy (non-hydrogen) atoms. The lowest BCUT2D eigenvalue weighted by atomic mass is 10.0. The SMILES string of the molecule is Cc1c(C#CCO)cccc1C(=O)N(C)CC(C)C. The molecule has 102 valence electrons. The predicted molar refractivity (Wildman–Crippen MR) is 76.9 cm³/mol. The Morgan fingerprint density at radius 3 is 2.68 bits per heavy atom. The maximum atomic E-state index is 12.4. The van der Waals surface area contributed by atoms with Crippen LogP contribution in [0.2, 0.25) is 0 Å². The van der Waals surface area contributed by atoms with Crippen LogP contribution in [0.25, 0.3) is 0 Å². The molecule has 0 saturated heterocycles. The summed E-state index contributed by atoms with van der Waals surface area (Å²) >= 11 is 0. The van der Waals surface area contributed by atoms with Crippen molar-refractivity contribution < 1.29 is 9.90 Å². The number of hydrogen-bond donors (Lipinski definition) is 1. The van der Waals surface area contributed by atoms with E-state index < -0.39 is 0 Å². The lowest BCUT2D eigenvalue weighted by Gasteiger charge is -2.20. The molecule has 3 heteroatoms. The zero-order valence-electron chi connectivity index (χ0n) is 12.0. The Labute approximate surface area is 115 Å². The van der Waals surface area contributed by atoms with E-state index in [4.69, 9.17) is 5.11 Å². The average Bonchev–Trinajstić information content (AvgIpc) is 2.36. The molecule has 0 fully saturated rings. The van der Waals surface area contributed by atoms with E-state index in [0.29, 0.717) is 11.5 Å². The number of rotatable bonds is 3. The largest absolute Gasteiger partial charge is 0.384 e. The van der Waals surface area contributed by atoms with Gasteiger partial charge in [-0.05, 0) is 30.5 Å². The van der Waals surface area contributed by atoms with Crippen LogP contribution in [0, 0.1) is 24.7 Å². The fraction of sp³-hybridized carbons (Fsp3) is 0.438. The van der Waals surface area contributed by atoms with Crippen molar-refractivity contribution in [1.82, 2.24) is 4.90 Å². The quantitative estimate of drug-likeness (QED) is 0.844. The Morgan fingerprint density at radius 2 is 2.11 bits per heavy atom. The summed E-state index contributed by atoms with van der Waals surface area (Å²) in [5.41, 5.74) is 2.33. The third-order valence-electron chi connectivity index (χ3n) is 2.85. The smallest absolute Gasteiger partial charge is 0.253 e. The van der Waals surface area contributed by atoms with Gasteiger partial charge in [-0.3, -0.25) is 4.79 Å². The van der Waals surface area contributed by atoms with Crippen LogP contribution in [0.1, 0.15) is 35.3 Å². The molecule has 1 aromatic rings. The minimum absolute atomic E-state index is 0.0128. The van der Waals surface area contributed by atoms with E-state index in [1.165, 1.54) is 0 Å². The van der Waals surface area contributed by atoms with Crippen molar-refractivity contribution in [3.05, 3.63) is 34.9 Å². The molecule has 1 amide bonds. The van der Waals surface area contributed by atoms with Gasteiger partial charge in [0.05, 0.1) is 0 Å². The van der Waals surface area contributed by atoms with Gasteiger partial charge in [0, 0.05) is 24.7 Å². The Bertz CT molecular complexity index is 509. The lowest BCUT2D eigenvalue weighted by molar-refractivity contribution is 0.0778. The van der Waals surface area contributed by atoms with Gasteiger partial charge >= 0.3 is 0 Å². The van der Waals surface area contributed by atoms with Gasteiger partial charge in [-0.15, -0.1) is 0 Å². The molecule has 0 saturated carbocycles. The van der Waals surface area contributed by atoms with Gasteiger partial charge in [0.15, 0.2) is 0 Å². The van der Waals surface area contributed by atoms with Crippen LogP contribution in [-0.2, 0) is 0 Å². The van der Waals surface area contributed by atoms with Crippen molar-refractivity contribution >= 4 is 5.91 Å². The fourth-order valence-electron chi connectivity index (χ4n) is 1.97. The summed E-state index contributed by atoms with van der Waals surface area (Å²) in [6, 6.07) is 5.50. The second-order valence-electron chi connectivity index (χ2n) is 5.02. The third-order valence-corrected chi connectivity index (χ3v) is 2.85. The number of nitrogens with zero attached hydrogens (tertiary/aromatic N) is 1. The summed E-state index contributed by atoms with van der Waals surface area (Å²) in [6.45, 7) is 6.60. The van der Waals surface area contributed by atoms with E-state index in [9.17, 15) is 4.79 Å². The first-order valence-electron chi connectivity index (χ1n) is 6.42. The zero-order chi connectivity index (χ0) is 14.4. The van der Waals surface area contributed by atoms with Gasteiger partial charge in [0.2, 0.25) is 0 Å². The first-order valence-corrected chi connectivity index (χ1v) is 6.42. The van der Waals surface area contributed by atoms with Crippen molar-refractivity contribution in [1.29, 1.82) is 0 Å². The molecule has 0 atom stereocenters. The lowest BCUT2D eigenvalue weighted by Crippen LogP contribution is -2.30. The van der Waals surface area contributed by atoms with E-state index in [2.05, 4.69) is 25.7 Å². The van der Waals surface area contributed by atoms with Crippen LogP contribution in [-0.4, -0.2) is 36.1 Å². The minimum Gasteiger partial charge on any atom is -0.384 e. The van der Waals surface area contributed by atoms with Crippen LogP contribution < -0.4 is 0 Å². The number of aliphatic hydroxyl groups is 1. The van der Waals surface area contributed by atoms with Crippen LogP contribution in [0.5, 0.6) is 0 Å². The topological polar surface area (TPSA) is 40.5 Å². The second kappa shape index (κ2) is 6.96. The van der Waals surface area contributed by atoms with Crippen LogP contribution >= 0.6 is 0 Å². The van der Waals surface area contributed by atoms with Crippen molar-refractivity contribution in [2.75, 3.05) is 20.2 Å². The average molecular weight is 259 g/mol. The molecule has 0 heterocycles. The fourth-order valence-corrected chi connectivity index (χ4v) is 1.97. The van der Waals surface area contributed by atoms with Crippen LogP contribution in [0.4, 0.5) is 0 Å². The molecule has 0 aliphatic heterocycles. The van der Waals surface area contributed by atoms with E-state index in [1.54, 1.807) is 4.90 Å². The highest BCUT2D eigenvalue weighted by molar-refractivity contribution is 5.96. The van der Waals surface area contributed by atoms with E-state index in [1.807, 2.05) is 32.2 Å². The number of amides is 1. The molecule has 1 aromatic carbocycles. The Balaban J connectivity index is 3.04.